The van der Waals surface area contributed by atoms with E-state index in [2.05, 4.69) is 5.32 Å². The van der Waals surface area contributed by atoms with E-state index in [0.717, 1.165) is 11.0 Å². The number of benzene rings is 1. The maximum Gasteiger partial charge on any atom is 0.250 e. The number of hydrogen-bond acceptors (Lipinski definition) is 2. The van der Waals surface area contributed by atoms with Gasteiger partial charge in [-0.05, 0) is 25.5 Å². The fourth-order valence-electron chi connectivity index (χ4n) is 2.32. The predicted octanol–water partition coefficient (Wildman–Crippen LogP) is 1.98. The topological polar surface area (TPSA) is 49.4 Å². The van der Waals surface area contributed by atoms with Crippen molar-refractivity contribution in [2.24, 2.45) is 0 Å². The first kappa shape index (κ1) is 14.4. The van der Waals surface area contributed by atoms with E-state index in [1.54, 1.807) is 0 Å². The molecule has 2 rings (SSSR count). The number of carbonyl (C=O) groups excluding carboxylic acids is 2. The van der Waals surface area contributed by atoms with Gasteiger partial charge in [0.15, 0.2) is 0 Å². The molecule has 2 unspecified atom stereocenters. The zero-order valence-corrected chi connectivity index (χ0v) is 11.3. The van der Waals surface area contributed by atoms with Crippen molar-refractivity contribution in [3.8, 4) is 0 Å². The number of rotatable bonds is 3. The molecule has 0 aliphatic carbocycles. The zero-order chi connectivity index (χ0) is 14.9. The Morgan fingerprint density at radius 1 is 1.30 bits per heavy atom. The van der Waals surface area contributed by atoms with Crippen LogP contribution in [0.2, 0.25) is 0 Å². The minimum Gasteiger partial charge on any atom is -0.342 e. The average molecular weight is 282 g/mol. The quantitative estimate of drug-likeness (QED) is 0.921. The van der Waals surface area contributed by atoms with Crippen molar-refractivity contribution in [2.45, 2.75) is 38.8 Å². The summed E-state index contributed by atoms with van der Waals surface area (Å²) in [6, 6.07) is 1.47. The van der Waals surface area contributed by atoms with Crippen molar-refractivity contribution >= 4 is 17.5 Å². The lowest BCUT2D eigenvalue weighted by atomic mass is 10.0. The Labute approximate surface area is 115 Å². The van der Waals surface area contributed by atoms with Crippen LogP contribution >= 0.6 is 0 Å². The van der Waals surface area contributed by atoms with E-state index in [4.69, 9.17) is 0 Å². The van der Waals surface area contributed by atoms with Crippen molar-refractivity contribution in [2.75, 3.05) is 4.90 Å². The fourth-order valence-corrected chi connectivity index (χ4v) is 2.32. The highest BCUT2D eigenvalue weighted by atomic mass is 19.1. The lowest BCUT2D eigenvalue weighted by Gasteiger charge is -2.37. The molecule has 6 heteroatoms. The van der Waals surface area contributed by atoms with Gasteiger partial charge in [0.2, 0.25) is 11.8 Å². The smallest absolute Gasteiger partial charge is 0.250 e. The molecule has 20 heavy (non-hydrogen) atoms. The number of carbonyl (C=O) groups is 2. The number of hydrogen-bond donors (Lipinski definition) is 1. The van der Waals surface area contributed by atoms with Crippen LogP contribution in [-0.2, 0) is 9.59 Å². The molecule has 1 saturated heterocycles. The number of nitrogens with one attached hydrogen (secondary N) is 1. The van der Waals surface area contributed by atoms with Crippen molar-refractivity contribution in [3.05, 3.63) is 29.8 Å². The van der Waals surface area contributed by atoms with Crippen LogP contribution in [0.5, 0.6) is 0 Å². The second-order valence-electron chi connectivity index (χ2n) is 4.83. The SMILES string of the molecule is CCCC1NC(=O)C(C)N(c2ccc(F)cc2F)C1=O. The molecule has 1 aliphatic rings. The summed E-state index contributed by atoms with van der Waals surface area (Å²) >= 11 is 0. The van der Waals surface area contributed by atoms with Crippen molar-refractivity contribution in [1.82, 2.24) is 5.32 Å². The maximum atomic E-state index is 13.9. The fraction of sp³-hybridized carbons (Fsp3) is 0.429. The molecule has 1 heterocycles. The molecule has 0 radical (unpaired) electrons. The summed E-state index contributed by atoms with van der Waals surface area (Å²) in [5.41, 5.74) is -0.0696. The van der Waals surface area contributed by atoms with E-state index in [1.165, 1.54) is 13.0 Å². The van der Waals surface area contributed by atoms with E-state index >= 15 is 0 Å². The second kappa shape index (κ2) is 5.56. The first-order chi connectivity index (χ1) is 9.45. The summed E-state index contributed by atoms with van der Waals surface area (Å²) in [5, 5.41) is 2.62. The van der Waals surface area contributed by atoms with Gasteiger partial charge >= 0.3 is 0 Å². The molecule has 1 fully saturated rings. The zero-order valence-electron chi connectivity index (χ0n) is 11.3. The third-order valence-corrected chi connectivity index (χ3v) is 3.37. The minimum absolute atomic E-state index is 0.0696. The van der Waals surface area contributed by atoms with Crippen LogP contribution in [0.4, 0.5) is 14.5 Å². The van der Waals surface area contributed by atoms with Crippen LogP contribution in [0.1, 0.15) is 26.7 Å². The number of anilines is 1. The van der Waals surface area contributed by atoms with Crippen LogP contribution in [0.3, 0.4) is 0 Å². The predicted molar refractivity (Wildman–Crippen MR) is 70.1 cm³/mol. The molecular weight excluding hydrogens is 266 g/mol. The Morgan fingerprint density at radius 3 is 2.60 bits per heavy atom. The molecule has 0 saturated carbocycles. The van der Waals surface area contributed by atoms with Gasteiger partial charge in [-0.1, -0.05) is 13.3 Å². The van der Waals surface area contributed by atoms with Gasteiger partial charge in [-0.15, -0.1) is 0 Å². The molecule has 1 aliphatic heterocycles. The van der Waals surface area contributed by atoms with Crippen LogP contribution < -0.4 is 10.2 Å². The number of amides is 2. The maximum absolute atomic E-state index is 13.9. The van der Waals surface area contributed by atoms with Gasteiger partial charge < -0.3 is 5.32 Å². The highest BCUT2D eigenvalue weighted by molar-refractivity contribution is 6.08. The van der Waals surface area contributed by atoms with Gasteiger partial charge in [-0.3, -0.25) is 14.5 Å². The Bertz CT molecular complexity index is 548. The molecule has 1 N–H and O–H groups in total. The molecule has 2 amide bonds. The Kier molecular flexibility index (Phi) is 4.01. The lowest BCUT2D eigenvalue weighted by Crippen LogP contribution is -2.62. The van der Waals surface area contributed by atoms with Crippen LogP contribution in [-0.4, -0.2) is 23.9 Å². The molecule has 0 spiro atoms. The number of halogens is 2. The normalized spacial score (nSPS) is 22.9. The molecule has 108 valence electrons. The molecule has 1 aromatic carbocycles. The van der Waals surface area contributed by atoms with Crippen molar-refractivity contribution in [1.29, 1.82) is 0 Å². The first-order valence-corrected chi connectivity index (χ1v) is 6.54. The minimum atomic E-state index is -0.852. The van der Waals surface area contributed by atoms with E-state index in [9.17, 15) is 18.4 Å². The van der Waals surface area contributed by atoms with Crippen LogP contribution in [0, 0.1) is 11.6 Å². The third kappa shape index (κ3) is 2.50. The number of piperazine rings is 1. The monoisotopic (exact) mass is 282 g/mol. The Hall–Kier alpha value is -1.98. The van der Waals surface area contributed by atoms with Gasteiger partial charge in [-0.2, -0.15) is 0 Å². The highest BCUT2D eigenvalue weighted by Crippen LogP contribution is 2.26. The lowest BCUT2D eigenvalue weighted by molar-refractivity contribution is -0.133. The third-order valence-electron chi connectivity index (χ3n) is 3.37. The summed E-state index contributed by atoms with van der Waals surface area (Å²) in [6.07, 6.45) is 1.20. The Balaban J connectivity index is 2.40. The standard InChI is InChI=1S/C14H16F2N2O2/c1-3-4-11-14(20)18(8(2)13(19)17-11)12-6-5-9(15)7-10(12)16/h5-8,11H,3-4H2,1-2H3,(H,17,19). The average Bonchev–Trinajstić information content (AvgIpc) is 2.39. The van der Waals surface area contributed by atoms with Gasteiger partial charge in [0, 0.05) is 6.07 Å². The van der Waals surface area contributed by atoms with E-state index in [1.807, 2.05) is 6.92 Å². The summed E-state index contributed by atoms with van der Waals surface area (Å²) in [5.74, 6) is -2.29. The summed E-state index contributed by atoms with van der Waals surface area (Å²) < 4.78 is 26.8. The summed E-state index contributed by atoms with van der Waals surface area (Å²) in [6.45, 7) is 3.40. The Morgan fingerprint density at radius 2 is 2.00 bits per heavy atom. The summed E-state index contributed by atoms with van der Waals surface area (Å²) in [7, 11) is 0. The van der Waals surface area contributed by atoms with Gasteiger partial charge in [0.1, 0.15) is 23.7 Å². The van der Waals surface area contributed by atoms with Crippen molar-refractivity contribution < 1.29 is 18.4 Å². The van der Waals surface area contributed by atoms with Crippen LogP contribution in [0.15, 0.2) is 18.2 Å². The number of nitrogens with zero attached hydrogens (tertiary/aromatic N) is 1. The highest BCUT2D eigenvalue weighted by Gasteiger charge is 2.39. The van der Waals surface area contributed by atoms with E-state index in [-0.39, 0.29) is 17.5 Å². The molecule has 4 nitrogen and oxygen atoms in total. The van der Waals surface area contributed by atoms with Gasteiger partial charge in [0.05, 0.1) is 5.69 Å². The van der Waals surface area contributed by atoms with E-state index < -0.39 is 23.7 Å². The molecular formula is C14H16F2N2O2. The van der Waals surface area contributed by atoms with Gasteiger partial charge in [-0.25, -0.2) is 8.78 Å². The van der Waals surface area contributed by atoms with Crippen LogP contribution in [0.25, 0.3) is 0 Å². The van der Waals surface area contributed by atoms with Gasteiger partial charge in [0.25, 0.3) is 0 Å². The molecule has 2 atom stereocenters. The molecule has 0 bridgehead atoms. The van der Waals surface area contributed by atoms with Crippen molar-refractivity contribution in [3.63, 3.8) is 0 Å². The first-order valence-electron chi connectivity index (χ1n) is 6.54. The largest absolute Gasteiger partial charge is 0.342 e. The second-order valence-corrected chi connectivity index (χ2v) is 4.83. The van der Waals surface area contributed by atoms with E-state index in [0.29, 0.717) is 18.9 Å². The summed E-state index contributed by atoms with van der Waals surface area (Å²) in [4.78, 5) is 25.4. The molecule has 0 aromatic heterocycles. The molecule has 1 aromatic rings.